The van der Waals surface area contributed by atoms with Crippen molar-refractivity contribution < 1.29 is 24.9 Å². The number of hydrogen-bond donors (Lipinski definition) is 5. The van der Waals surface area contributed by atoms with Gasteiger partial charge in [-0.25, -0.2) is 0 Å². The smallest absolute Gasteiger partial charge is 0.313 e. The van der Waals surface area contributed by atoms with Gasteiger partial charge < -0.3 is 26.0 Å². The van der Waals surface area contributed by atoms with Crippen LogP contribution in [-0.2, 0) is 20.4 Å². The van der Waals surface area contributed by atoms with Crippen LogP contribution in [0.4, 0.5) is 11.4 Å². The predicted molar refractivity (Wildman–Crippen MR) is 119 cm³/mol. The summed E-state index contributed by atoms with van der Waals surface area (Å²) in [6, 6.07) is 10.2. The summed E-state index contributed by atoms with van der Waals surface area (Å²) in [7, 11) is 0. The van der Waals surface area contributed by atoms with Gasteiger partial charge in [0.15, 0.2) is 0 Å². The SMILES string of the molecule is CC(C)(C)c1cc(C(C)(C)C(=O)O)c(O)cc1NC(=O)C1=CNc2ccccc2C1O. The third kappa shape index (κ3) is 4.14. The highest BCUT2D eigenvalue weighted by Gasteiger charge is 2.35. The van der Waals surface area contributed by atoms with Crippen molar-refractivity contribution in [1.29, 1.82) is 0 Å². The quantitative estimate of drug-likeness (QED) is 0.506. The average Bonchev–Trinajstić information content (AvgIpc) is 2.67. The van der Waals surface area contributed by atoms with Crippen molar-refractivity contribution >= 4 is 23.3 Å². The van der Waals surface area contributed by atoms with Crippen LogP contribution in [0.2, 0.25) is 0 Å². The Kier molecular flexibility index (Phi) is 5.58. The van der Waals surface area contributed by atoms with E-state index in [-0.39, 0.29) is 16.9 Å². The van der Waals surface area contributed by atoms with Crippen molar-refractivity contribution in [2.24, 2.45) is 0 Å². The number of benzene rings is 2. The van der Waals surface area contributed by atoms with Gasteiger partial charge in [0.25, 0.3) is 5.91 Å². The standard InChI is InChI=1S/C24H28N2O5/c1-23(2,3)15-10-16(24(4,5)22(30)31)19(27)11-18(15)26-21(29)14-12-25-17-9-7-6-8-13(17)20(14)28/h6-12,20,25,27-28H,1-5H3,(H,26,29)(H,30,31). The van der Waals surface area contributed by atoms with Gasteiger partial charge in [-0.2, -0.15) is 0 Å². The maximum atomic E-state index is 13.0. The minimum Gasteiger partial charge on any atom is -0.508 e. The zero-order valence-corrected chi connectivity index (χ0v) is 18.3. The molecule has 2 aromatic rings. The summed E-state index contributed by atoms with van der Waals surface area (Å²) in [6.07, 6.45) is 0.357. The molecule has 0 aliphatic carbocycles. The van der Waals surface area contributed by atoms with E-state index < -0.39 is 28.8 Å². The average molecular weight is 424 g/mol. The Balaban J connectivity index is 2.00. The number of carboxylic acids is 1. The molecular formula is C24H28N2O5. The number of aliphatic carboxylic acids is 1. The zero-order chi connectivity index (χ0) is 23.1. The summed E-state index contributed by atoms with van der Waals surface area (Å²) in [5.74, 6) is -1.82. The van der Waals surface area contributed by atoms with Crippen molar-refractivity contribution in [3.8, 4) is 5.75 Å². The van der Waals surface area contributed by atoms with Crippen molar-refractivity contribution in [3.05, 3.63) is 64.9 Å². The minimum atomic E-state index is -1.32. The third-order valence-corrected chi connectivity index (χ3v) is 5.60. The van der Waals surface area contributed by atoms with Gasteiger partial charge in [-0.15, -0.1) is 0 Å². The number of nitrogens with one attached hydrogen (secondary N) is 2. The van der Waals surface area contributed by atoms with Gasteiger partial charge in [0.05, 0.1) is 11.0 Å². The highest BCUT2D eigenvalue weighted by Crippen LogP contribution is 2.40. The van der Waals surface area contributed by atoms with Crippen LogP contribution in [0.5, 0.6) is 5.75 Å². The number of carbonyl (C=O) groups excluding carboxylic acids is 1. The second kappa shape index (κ2) is 7.74. The van der Waals surface area contributed by atoms with E-state index in [0.29, 0.717) is 16.8 Å². The molecule has 1 aliphatic heterocycles. The molecule has 0 spiro atoms. The molecule has 3 rings (SSSR count). The first-order chi connectivity index (χ1) is 14.3. The van der Waals surface area contributed by atoms with E-state index in [2.05, 4.69) is 10.6 Å². The Labute approximate surface area is 181 Å². The number of aliphatic hydroxyl groups excluding tert-OH is 1. The maximum absolute atomic E-state index is 13.0. The summed E-state index contributed by atoms with van der Waals surface area (Å²) in [5.41, 5.74) is 0.955. The Hall–Kier alpha value is -3.32. The Morgan fingerprint density at radius 3 is 2.29 bits per heavy atom. The van der Waals surface area contributed by atoms with Crippen LogP contribution in [0.1, 0.15) is 57.4 Å². The number of aliphatic hydroxyl groups is 1. The second-order valence-corrected chi connectivity index (χ2v) is 9.28. The zero-order valence-electron chi connectivity index (χ0n) is 18.3. The molecule has 0 radical (unpaired) electrons. The van der Waals surface area contributed by atoms with Gasteiger partial charge in [0, 0.05) is 34.8 Å². The fraction of sp³-hybridized carbons (Fsp3) is 0.333. The first-order valence-electron chi connectivity index (χ1n) is 10.0. The van der Waals surface area contributed by atoms with Crippen LogP contribution in [0.15, 0.2) is 48.2 Å². The number of carbonyl (C=O) groups is 2. The van der Waals surface area contributed by atoms with Gasteiger partial charge >= 0.3 is 5.97 Å². The summed E-state index contributed by atoms with van der Waals surface area (Å²) < 4.78 is 0. The van der Waals surface area contributed by atoms with E-state index in [1.54, 1.807) is 18.2 Å². The van der Waals surface area contributed by atoms with Crippen molar-refractivity contribution in [2.45, 2.75) is 51.6 Å². The number of carboxylic acid groups (broad SMARTS) is 1. The molecule has 0 saturated carbocycles. The number of rotatable bonds is 4. The van der Waals surface area contributed by atoms with Crippen molar-refractivity contribution in [1.82, 2.24) is 0 Å². The molecule has 2 aromatic carbocycles. The number of phenolic OH excluding ortho intramolecular Hbond substituents is 1. The number of para-hydroxylation sites is 1. The molecule has 31 heavy (non-hydrogen) atoms. The highest BCUT2D eigenvalue weighted by atomic mass is 16.4. The molecule has 5 N–H and O–H groups in total. The maximum Gasteiger partial charge on any atom is 0.313 e. The predicted octanol–water partition coefficient (Wildman–Crippen LogP) is 4.03. The van der Waals surface area contributed by atoms with E-state index >= 15 is 0 Å². The molecule has 0 saturated heterocycles. The van der Waals surface area contributed by atoms with Crippen LogP contribution >= 0.6 is 0 Å². The summed E-state index contributed by atoms with van der Waals surface area (Å²) in [4.78, 5) is 24.7. The summed E-state index contributed by atoms with van der Waals surface area (Å²) >= 11 is 0. The lowest BCUT2D eigenvalue weighted by Gasteiger charge is -2.29. The van der Waals surface area contributed by atoms with Gasteiger partial charge in [0.1, 0.15) is 11.9 Å². The topological polar surface area (TPSA) is 119 Å². The van der Waals surface area contributed by atoms with Gasteiger partial charge in [0.2, 0.25) is 0 Å². The van der Waals surface area contributed by atoms with Crippen molar-refractivity contribution in [2.75, 3.05) is 10.6 Å². The number of amides is 1. The molecule has 1 amide bonds. The Bertz CT molecular complexity index is 1080. The van der Waals surface area contributed by atoms with Crippen LogP contribution in [0.3, 0.4) is 0 Å². The number of hydrogen-bond acceptors (Lipinski definition) is 5. The second-order valence-electron chi connectivity index (χ2n) is 9.28. The summed E-state index contributed by atoms with van der Waals surface area (Å²) in [6.45, 7) is 8.82. The molecule has 1 atom stereocenters. The fourth-order valence-electron chi connectivity index (χ4n) is 3.58. The molecule has 164 valence electrons. The molecule has 1 unspecified atom stereocenters. The number of anilines is 2. The van der Waals surface area contributed by atoms with Gasteiger partial charge in [-0.05, 0) is 37.0 Å². The fourth-order valence-corrected chi connectivity index (χ4v) is 3.58. The number of fused-ring (bicyclic) bond motifs is 1. The lowest BCUT2D eigenvalue weighted by atomic mass is 9.78. The van der Waals surface area contributed by atoms with Crippen LogP contribution in [0, 0.1) is 0 Å². The van der Waals surface area contributed by atoms with Crippen LogP contribution < -0.4 is 10.6 Å². The normalized spacial score (nSPS) is 16.1. The molecule has 7 heteroatoms. The van der Waals surface area contributed by atoms with Crippen LogP contribution in [0.25, 0.3) is 0 Å². The molecule has 7 nitrogen and oxygen atoms in total. The number of aromatic hydroxyl groups is 1. The lowest BCUT2D eigenvalue weighted by molar-refractivity contribution is -0.142. The molecule has 0 fully saturated rings. The molecule has 1 aliphatic rings. The van der Waals surface area contributed by atoms with E-state index in [0.717, 1.165) is 5.69 Å². The molecule has 1 heterocycles. The molecule has 0 aromatic heterocycles. The highest BCUT2D eigenvalue weighted by molar-refractivity contribution is 6.06. The molecular weight excluding hydrogens is 396 g/mol. The first-order valence-corrected chi connectivity index (χ1v) is 10.0. The number of phenols is 1. The van der Waals surface area contributed by atoms with E-state index in [9.17, 15) is 24.9 Å². The first kappa shape index (κ1) is 22.4. The Morgan fingerprint density at radius 2 is 1.68 bits per heavy atom. The summed E-state index contributed by atoms with van der Waals surface area (Å²) in [5, 5.41) is 36.6. The minimum absolute atomic E-state index is 0.132. The van der Waals surface area contributed by atoms with E-state index in [4.69, 9.17) is 0 Å². The largest absolute Gasteiger partial charge is 0.508 e. The Morgan fingerprint density at radius 1 is 1.03 bits per heavy atom. The lowest BCUT2D eigenvalue weighted by Crippen LogP contribution is -2.30. The van der Waals surface area contributed by atoms with Gasteiger partial charge in [-0.3, -0.25) is 9.59 Å². The third-order valence-electron chi connectivity index (χ3n) is 5.60. The molecule has 0 bridgehead atoms. The van der Waals surface area contributed by atoms with Gasteiger partial charge in [-0.1, -0.05) is 39.0 Å². The van der Waals surface area contributed by atoms with E-state index in [1.165, 1.54) is 26.1 Å². The van der Waals surface area contributed by atoms with Crippen molar-refractivity contribution in [3.63, 3.8) is 0 Å². The van der Waals surface area contributed by atoms with E-state index in [1.807, 2.05) is 32.9 Å². The monoisotopic (exact) mass is 424 g/mol. The van der Waals surface area contributed by atoms with Crippen LogP contribution in [-0.4, -0.2) is 27.2 Å².